The Balaban J connectivity index is 1.83. The van der Waals surface area contributed by atoms with Gasteiger partial charge in [-0.15, -0.1) is 0 Å². The van der Waals surface area contributed by atoms with Crippen LogP contribution in [0.1, 0.15) is 67.7 Å². The first-order chi connectivity index (χ1) is 15.0. The third-order valence-electron chi connectivity index (χ3n) is 6.54. The number of carbonyl (C=O) groups excluding carboxylic acids is 2. The summed E-state index contributed by atoms with van der Waals surface area (Å²) < 4.78 is 0. The molecule has 0 aromatic heterocycles. The van der Waals surface area contributed by atoms with Crippen molar-refractivity contribution >= 4 is 11.8 Å². The van der Waals surface area contributed by atoms with E-state index in [1.807, 2.05) is 50.2 Å². The summed E-state index contributed by atoms with van der Waals surface area (Å²) >= 11 is 0. The van der Waals surface area contributed by atoms with Crippen LogP contribution in [0.2, 0.25) is 0 Å². The SMILES string of the molecule is CC[C@H](C(=O)NC1CCCCC1)N(Cc1ccccc1C)C(=O)Cc1ccccc1C. The molecule has 0 radical (unpaired) electrons. The summed E-state index contributed by atoms with van der Waals surface area (Å²) in [6.45, 7) is 6.54. The van der Waals surface area contributed by atoms with E-state index in [1.165, 1.54) is 19.3 Å². The van der Waals surface area contributed by atoms with Gasteiger partial charge in [0.1, 0.15) is 6.04 Å². The average molecular weight is 421 g/mol. The van der Waals surface area contributed by atoms with E-state index in [0.29, 0.717) is 19.4 Å². The van der Waals surface area contributed by atoms with Gasteiger partial charge in [0.05, 0.1) is 6.42 Å². The van der Waals surface area contributed by atoms with E-state index >= 15 is 0 Å². The summed E-state index contributed by atoms with van der Waals surface area (Å²) in [5, 5.41) is 3.25. The third-order valence-corrected chi connectivity index (χ3v) is 6.54. The van der Waals surface area contributed by atoms with Gasteiger partial charge in [-0.05, 0) is 55.4 Å². The predicted octanol–water partition coefficient (Wildman–Crippen LogP) is 5.10. The highest BCUT2D eigenvalue weighted by atomic mass is 16.2. The highest BCUT2D eigenvalue weighted by Crippen LogP contribution is 2.20. The average Bonchev–Trinajstić information content (AvgIpc) is 2.77. The molecular weight excluding hydrogens is 384 g/mol. The van der Waals surface area contributed by atoms with Crippen molar-refractivity contribution in [2.75, 3.05) is 0 Å². The van der Waals surface area contributed by atoms with Crippen molar-refractivity contribution in [1.29, 1.82) is 0 Å². The normalized spacial score (nSPS) is 15.3. The fourth-order valence-electron chi connectivity index (χ4n) is 4.51. The molecular formula is C27H36N2O2. The number of nitrogens with one attached hydrogen (secondary N) is 1. The molecule has 31 heavy (non-hydrogen) atoms. The molecule has 3 rings (SSSR count). The Morgan fingerprint density at radius 3 is 2.10 bits per heavy atom. The van der Waals surface area contributed by atoms with Gasteiger partial charge in [0.2, 0.25) is 11.8 Å². The quantitative estimate of drug-likeness (QED) is 0.646. The van der Waals surface area contributed by atoms with E-state index < -0.39 is 6.04 Å². The Morgan fingerprint density at radius 1 is 0.935 bits per heavy atom. The van der Waals surface area contributed by atoms with Crippen LogP contribution in [0.15, 0.2) is 48.5 Å². The van der Waals surface area contributed by atoms with Crippen molar-refractivity contribution in [2.24, 2.45) is 0 Å². The number of rotatable bonds is 8. The van der Waals surface area contributed by atoms with Crippen LogP contribution in [0.4, 0.5) is 0 Å². The van der Waals surface area contributed by atoms with Gasteiger partial charge < -0.3 is 10.2 Å². The molecule has 2 amide bonds. The van der Waals surface area contributed by atoms with Crippen LogP contribution in [0.5, 0.6) is 0 Å². The minimum Gasteiger partial charge on any atom is -0.352 e. The van der Waals surface area contributed by atoms with Crippen LogP contribution >= 0.6 is 0 Å². The first-order valence-corrected chi connectivity index (χ1v) is 11.7. The number of amides is 2. The van der Waals surface area contributed by atoms with E-state index in [9.17, 15) is 9.59 Å². The highest BCUT2D eigenvalue weighted by Gasteiger charge is 2.30. The summed E-state index contributed by atoms with van der Waals surface area (Å²) in [5.74, 6) is -0.00989. The molecule has 1 atom stereocenters. The van der Waals surface area contributed by atoms with Gasteiger partial charge in [-0.2, -0.15) is 0 Å². The van der Waals surface area contributed by atoms with Gasteiger partial charge in [0, 0.05) is 12.6 Å². The maximum absolute atomic E-state index is 13.5. The van der Waals surface area contributed by atoms with Crippen molar-refractivity contribution in [3.63, 3.8) is 0 Å². The van der Waals surface area contributed by atoms with E-state index in [0.717, 1.165) is 35.1 Å². The summed E-state index contributed by atoms with van der Waals surface area (Å²) in [5.41, 5.74) is 4.35. The monoisotopic (exact) mass is 420 g/mol. The van der Waals surface area contributed by atoms with Crippen molar-refractivity contribution in [3.05, 3.63) is 70.8 Å². The van der Waals surface area contributed by atoms with E-state index in [2.05, 4.69) is 24.4 Å². The molecule has 2 aromatic carbocycles. The lowest BCUT2D eigenvalue weighted by atomic mass is 9.95. The minimum atomic E-state index is -0.460. The molecule has 1 saturated carbocycles. The summed E-state index contributed by atoms with van der Waals surface area (Å²) in [7, 11) is 0. The summed E-state index contributed by atoms with van der Waals surface area (Å²) in [4.78, 5) is 28.6. The van der Waals surface area contributed by atoms with Crippen molar-refractivity contribution in [3.8, 4) is 0 Å². The number of aryl methyl sites for hydroxylation is 2. The second-order valence-corrected chi connectivity index (χ2v) is 8.82. The second kappa shape index (κ2) is 11.1. The van der Waals surface area contributed by atoms with Gasteiger partial charge >= 0.3 is 0 Å². The molecule has 0 aliphatic heterocycles. The molecule has 0 heterocycles. The molecule has 1 aliphatic carbocycles. The van der Waals surface area contributed by atoms with Crippen LogP contribution in [0, 0.1) is 13.8 Å². The lowest BCUT2D eigenvalue weighted by molar-refractivity contribution is -0.141. The number of hydrogen-bond donors (Lipinski definition) is 1. The van der Waals surface area contributed by atoms with Gasteiger partial charge in [-0.1, -0.05) is 74.7 Å². The molecule has 4 heteroatoms. The third kappa shape index (κ3) is 6.19. The van der Waals surface area contributed by atoms with Gasteiger partial charge in [0.25, 0.3) is 0 Å². The molecule has 0 spiro atoms. The number of carbonyl (C=O) groups is 2. The van der Waals surface area contributed by atoms with Crippen molar-refractivity contribution < 1.29 is 9.59 Å². The lowest BCUT2D eigenvalue weighted by Gasteiger charge is -2.33. The number of benzene rings is 2. The van der Waals surface area contributed by atoms with Crippen LogP contribution in [-0.2, 0) is 22.6 Å². The first-order valence-electron chi connectivity index (χ1n) is 11.7. The molecule has 0 saturated heterocycles. The van der Waals surface area contributed by atoms with E-state index in [4.69, 9.17) is 0 Å². The fraction of sp³-hybridized carbons (Fsp3) is 0.481. The smallest absolute Gasteiger partial charge is 0.243 e. The molecule has 4 nitrogen and oxygen atoms in total. The largest absolute Gasteiger partial charge is 0.352 e. The number of hydrogen-bond acceptors (Lipinski definition) is 2. The van der Waals surface area contributed by atoms with Gasteiger partial charge in [-0.25, -0.2) is 0 Å². The fourth-order valence-corrected chi connectivity index (χ4v) is 4.51. The van der Waals surface area contributed by atoms with Crippen LogP contribution in [-0.4, -0.2) is 28.8 Å². The summed E-state index contributed by atoms with van der Waals surface area (Å²) in [6, 6.07) is 15.9. The zero-order chi connectivity index (χ0) is 22.2. The molecule has 0 unspecified atom stereocenters. The topological polar surface area (TPSA) is 49.4 Å². The van der Waals surface area contributed by atoms with Gasteiger partial charge in [0.15, 0.2) is 0 Å². The maximum atomic E-state index is 13.5. The lowest BCUT2D eigenvalue weighted by Crippen LogP contribution is -2.52. The number of nitrogens with zero attached hydrogens (tertiary/aromatic N) is 1. The Bertz CT molecular complexity index is 886. The Hall–Kier alpha value is -2.62. The standard InChI is InChI=1S/C27H36N2O2/c1-4-25(27(31)28-24-16-6-5-7-17-24)29(19-23-15-11-9-13-21(23)3)26(30)18-22-14-10-8-12-20(22)2/h8-15,24-25H,4-7,16-19H2,1-3H3,(H,28,31)/t25-/m1/s1. The molecule has 1 fully saturated rings. The van der Waals surface area contributed by atoms with E-state index in [-0.39, 0.29) is 17.9 Å². The zero-order valence-electron chi connectivity index (χ0n) is 19.2. The van der Waals surface area contributed by atoms with E-state index in [1.54, 1.807) is 4.90 Å². The van der Waals surface area contributed by atoms with Crippen LogP contribution < -0.4 is 5.32 Å². The Morgan fingerprint density at radius 2 is 1.52 bits per heavy atom. The maximum Gasteiger partial charge on any atom is 0.243 e. The Kier molecular flexibility index (Phi) is 8.27. The molecule has 0 bridgehead atoms. The van der Waals surface area contributed by atoms with Crippen LogP contribution in [0.25, 0.3) is 0 Å². The van der Waals surface area contributed by atoms with Crippen LogP contribution in [0.3, 0.4) is 0 Å². The first kappa shape index (κ1) is 23.1. The van der Waals surface area contributed by atoms with Crippen molar-refractivity contribution in [2.45, 2.75) is 84.3 Å². The Labute approximate surface area is 187 Å². The zero-order valence-corrected chi connectivity index (χ0v) is 19.2. The predicted molar refractivity (Wildman–Crippen MR) is 126 cm³/mol. The van der Waals surface area contributed by atoms with Gasteiger partial charge in [-0.3, -0.25) is 9.59 Å². The summed E-state index contributed by atoms with van der Waals surface area (Å²) in [6.07, 6.45) is 6.57. The molecule has 1 aliphatic rings. The highest BCUT2D eigenvalue weighted by molar-refractivity contribution is 5.88. The molecule has 166 valence electrons. The molecule has 2 aromatic rings. The second-order valence-electron chi connectivity index (χ2n) is 8.82. The molecule has 1 N–H and O–H groups in total. The minimum absolute atomic E-state index is 0.00296. The van der Waals surface area contributed by atoms with Crippen molar-refractivity contribution in [1.82, 2.24) is 10.2 Å².